The molecule has 4 nitrogen and oxygen atoms in total. The molecule has 1 aromatic heterocycles. The third-order valence-corrected chi connectivity index (χ3v) is 6.31. The summed E-state index contributed by atoms with van der Waals surface area (Å²) in [7, 11) is 0. The first kappa shape index (κ1) is 18.5. The summed E-state index contributed by atoms with van der Waals surface area (Å²) in [6.45, 7) is 5.76. The second kappa shape index (κ2) is 8.85. The van der Waals surface area contributed by atoms with Crippen LogP contribution in [0.1, 0.15) is 28.3 Å². The molecule has 1 aliphatic heterocycles. The molecule has 1 aromatic carbocycles. The molecule has 134 valence electrons. The van der Waals surface area contributed by atoms with Crippen LogP contribution in [0.2, 0.25) is 0 Å². The Kier molecular flexibility index (Phi) is 6.53. The molecule has 0 saturated carbocycles. The minimum Gasteiger partial charge on any atom is -0.386 e. The van der Waals surface area contributed by atoms with Gasteiger partial charge in [-0.05, 0) is 29.3 Å². The summed E-state index contributed by atoms with van der Waals surface area (Å²) >= 11 is 3.30. The van der Waals surface area contributed by atoms with Crippen molar-refractivity contribution in [2.75, 3.05) is 38.5 Å². The van der Waals surface area contributed by atoms with Gasteiger partial charge < -0.3 is 10.0 Å². The lowest BCUT2D eigenvalue weighted by molar-refractivity contribution is 0.0530. The van der Waals surface area contributed by atoms with Gasteiger partial charge in [0.05, 0.1) is 5.56 Å². The number of thioether (sulfide) groups is 1. The molecule has 6 heteroatoms. The first-order valence-electron chi connectivity index (χ1n) is 8.64. The topological polar surface area (TPSA) is 43.8 Å². The number of benzene rings is 1. The number of hydrogen-bond donors (Lipinski definition) is 1. The van der Waals surface area contributed by atoms with Crippen LogP contribution in [-0.4, -0.2) is 59.3 Å². The summed E-state index contributed by atoms with van der Waals surface area (Å²) in [6.07, 6.45) is -0.441. The molecule has 25 heavy (non-hydrogen) atoms. The highest BCUT2D eigenvalue weighted by molar-refractivity contribution is 7.99. The van der Waals surface area contributed by atoms with Gasteiger partial charge in [-0.3, -0.25) is 9.69 Å². The molecule has 2 aromatic rings. The van der Waals surface area contributed by atoms with Crippen LogP contribution >= 0.6 is 23.1 Å². The van der Waals surface area contributed by atoms with Gasteiger partial charge in [0, 0.05) is 42.5 Å². The van der Waals surface area contributed by atoms with E-state index in [1.54, 1.807) is 23.1 Å². The van der Waals surface area contributed by atoms with E-state index in [-0.39, 0.29) is 5.91 Å². The van der Waals surface area contributed by atoms with Crippen LogP contribution in [0.25, 0.3) is 0 Å². The molecule has 2 heterocycles. The van der Waals surface area contributed by atoms with Gasteiger partial charge in [0.1, 0.15) is 6.10 Å². The number of thiophene rings is 1. The Morgan fingerprint density at radius 2 is 1.96 bits per heavy atom. The third kappa shape index (κ3) is 4.64. The monoisotopic (exact) mass is 376 g/mol. The summed E-state index contributed by atoms with van der Waals surface area (Å²) in [5, 5.41) is 12.3. The fourth-order valence-electron chi connectivity index (χ4n) is 3.04. The highest BCUT2D eigenvalue weighted by atomic mass is 32.2. The van der Waals surface area contributed by atoms with Crippen molar-refractivity contribution in [3.05, 3.63) is 52.2 Å². The van der Waals surface area contributed by atoms with Crippen molar-refractivity contribution in [1.82, 2.24) is 9.80 Å². The molecule has 1 aliphatic rings. The molecule has 0 spiro atoms. The molecule has 1 N–H and O–H groups in total. The molecule has 1 saturated heterocycles. The van der Waals surface area contributed by atoms with Crippen molar-refractivity contribution in [2.24, 2.45) is 0 Å². The number of aliphatic hydroxyl groups is 1. The standard InChI is InChI=1S/C19H24N2O2S2/c1-2-24-17-7-4-3-6-15(17)19(23)21-11-9-20(10-12-21)14-16(22)18-8-5-13-25-18/h3-8,13,16,22H,2,9-12,14H2,1H3. The molecule has 1 atom stereocenters. The Morgan fingerprint density at radius 1 is 1.20 bits per heavy atom. The maximum absolute atomic E-state index is 12.9. The summed E-state index contributed by atoms with van der Waals surface area (Å²) < 4.78 is 0. The molecule has 0 bridgehead atoms. The van der Waals surface area contributed by atoms with E-state index in [1.807, 2.05) is 46.7 Å². The zero-order chi connectivity index (χ0) is 17.6. The number of carbonyl (C=O) groups is 1. The molecule has 0 radical (unpaired) electrons. The van der Waals surface area contributed by atoms with Crippen molar-refractivity contribution >= 4 is 29.0 Å². The summed E-state index contributed by atoms with van der Waals surface area (Å²) in [6, 6.07) is 11.8. The molecule has 1 amide bonds. The third-order valence-electron chi connectivity index (χ3n) is 4.38. The average Bonchev–Trinajstić information content (AvgIpc) is 3.17. The molecular formula is C19H24N2O2S2. The lowest BCUT2D eigenvalue weighted by Crippen LogP contribution is -2.49. The van der Waals surface area contributed by atoms with E-state index >= 15 is 0 Å². The SMILES string of the molecule is CCSc1ccccc1C(=O)N1CCN(CC(O)c2cccs2)CC1. The van der Waals surface area contributed by atoms with Gasteiger partial charge in [-0.2, -0.15) is 0 Å². The number of hydrogen-bond acceptors (Lipinski definition) is 5. The van der Waals surface area contributed by atoms with Gasteiger partial charge in [-0.1, -0.05) is 25.1 Å². The first-order valence-corrected chi connectivity index (χ1v) is 10.5. The van der Waals surface area contributed by atoms with E-state index in [1.165, 1.54) is 0 Å². The number of carbonyl (C=O) groups excluding carboxylic acids is 1. The van der Waals surface area contributed by atoms with Crippen LogP contribution in [0.5, 0.6) is 0 Å². The van der Waals surface area contributed by atoms with E-state index in [0.717, 1.165) is 34.2 Å². The number of nitrogens with zero attached hydrogens (tertiary/aromatic N) is 2. The molecule has 0 aliphatic carbocycles. The Morgan fingerprint density at radius 3 is 2.64 bits per heavy atom. The minimum absolute atomic E-state index is 0.120. The van der Waals surface area contributed by atoms with Crippen LogP contribution in [0.3, 0.4) is 0 Å². The summed E-state index contributed by atoms with van der Waals surface area (Å²) in [4.78, 5) is 19.1. The van der Waals surface area contributed by atoms with E-state index < -0.39 is 6.10 Å². The molecule has 3 rings (SSSR count). The zero-order valence-electron chi connectivity index (χ0n) is 14.4. The van der Waals surface area contributed by atoms with Gasteiger partial charge in [-0.15, -0.1) is 23.1 Å². The van der Waals surface area contributed by atoms with E-state index in [4.69, 9.17) is 0 Å². The predicted octanol–water partition coefficient (Wildman–Crippen LogP) is 3.35. The lowest BCUT2D eigenvalue weighted by atomic mass is 10.1. The smallest absolute Gasteiger partial charge is 0.255 e. The van der Waals surface area contributed by atoms with E-state index in [2.05, 4.69) is 11.8 Å². The Hall–Kier alpha value is -1.34. The highest BCUT2D eigenvalue weighted by Crippen LogP contribution is 2.24. The number of amides is 1. The van der Waals surface area contributed by atoms with E-state index in [9.17, 15) is 9.90 Å². The van der Waals surface area contributed by atoms with Gasteiger partial charge in [0.25, 0.3) is 5.91 Å². The quantitative estimate of drug-likeness (QED) is 0.785. The maximum Gasteiger partial charge on any atom is 0.255 e. The van der Waals surface area contributed by atoms with E-state index in [0.29, 0.717) is 19.6 Å². The number of rotatable bonds is 6. The average molecular weight is 377 g/mol. The second-order valence-electron chi connectivity index (χ2n) is 6.05. The van der Waals surface area contributed by atoms with Crippen LogP contribution in [-0.2, 0) is 0 Å². The number of β-amino-alcohol motifs (C(OH)–C–C–N with tert-alkyl or cyclic N) is 1. The predicted molar refractivity (Wildman–Crippen MR) is 104 cm³/mol. The Bertz CT molecular complexity index is 682. The van der Waals surface area contributed by atoms with Crippen molar-refractivity contribution in [1.29, 1.82) is 0 Å². The van der Waals surface area contributed by atoms with Crippen molar-refractivity contribution in [3.63, 3.8) is 0 Å². The van der Waals surface area contributed by atoms with Gasteiger partial charge in [0.15, 0.2) is 0 Å². The van der Waals surface area contributed by atoms with Crippen LogP contribution < -0.4 is 0 Å². The van der Waals surface area contributed by atoms with Crippen molar-refractivity contribution in [2.45, 2.75) is 17.9 Å². The fraction of sp³-hybridized carbons (Fsp3) is 0.421. The van der Waals surface area contributed by atoms with Crippen molar-refractivity contribution in [3.8, 4) is 0 Å². The first-order chi connectivity index (χ1) is 12.2. The Labute approximate surface area is 157 Å². The molecule has 1 fully saturated rings. The maximum atomic E-state index is 12.9. The van der Waals surface area contributed by atoms with Gasteiger partial charge >= 0.3 is 0 Å². The normalized spacial score (nSPS) is 16.8. The lowest BCUT2D eigenvalue weighted by Gasteiger charge is -2.35. The number of aliphatic hydroxyl groups excluding tert-OH is 1. The second-order valence-corrected chi connectivity index (χ2v) is 8.34. The van der Waals surface area contributed by atoms with Gasteiger partial charge in [-0.25, -0.2) is 0 Å². The minimum atomic E-state index is -0.441. The largest absolute Gasteiger partial charge is 0.386 e. The van der Waals surface area contributed by atoms with Gasteiger partial charge in [0.2, 0.25) is 0 Å². The summed E-state index contributed by atoms with van der Waals surface area (Å²) in [5.41, 5.74) is 0.807. The molecule has 1 unspecified atom stereocenters. The highest BCUT2D eigenvalue weighted by Gasteiger charge is 2.25. The van der Waals surface area contributed by atoms with Crippen LogP contribution in [0.15, 0.2) is 46.7 Å². The fourth-order valence-corrected chi connectivity index (χ4v) is 4.54. The Balaban J connectivity index is 1.56. The van der Waals surface area contributed by atoms with Crippen LogP contribution in [0, 0.1) is 0 Å². The zero-order valence-corrected chi connectivity index (χ0v) is 16.1. The number of piperazine rings is 1. The molecular weight excluding hydrogens is 352 g/mol. The van der Waals surface area contributed by atoms with Crippen molar-refractivity contribution < 1.29 is 9.90 Å². The van der Waals surface area contributed by atoms with Crippen LogP contribution in [0.4, 0.5) is 0 Å². The summed E-state index contributed by atoms with van der Waals surface area (Å²) in [5.74, 6) is 1.08.